The molecule has 52 heavy (non-hydrogen) atoms. The third-order valence-corrected chi connectivity index (χ3v) is 8.75. The van der Waals surface area contributed by atoms with Crippen LogP contribution in [0.25, 0.3) is 5.69 Å². The summed E-state index contributed by atoms with van der Waals surface area (Å²) in [4.78, 5) is 78.6. The molecule has 1 saturated heterocycles. The molecule has 0 spiro atoms. The molecule has 0 aliphatic carbocycles. The van der Waals surface area contributed by atoms with Crippen molar-refractivity contribution in [3.63, 3.8) is 0 Å². The van der Waals surface area contributed by atoms with Crippen LogP contribution >= 0.6 is 0 Å². The number of hydrogen-bond donors (Lipinski definition) is 4. The maximum atomic E-state index is 13.5. The number of rotatable bonds is 8. The Morgan fingerprint density at radius 3 is 2.31 bits per heavy atom. The number of piperidine rings is 1. The molecule has 0 bridgehead atoms. The van der Waals surface area contributed by atoms with E-state index in [9.17, 15) is 28.8 Å². The van der Waals surface area contributed by atoms with Crippen LogP contribution in [0.15, 0.2) is 54.6 Å². The first-order valence-corrected chi connectivity index (χ1v) is 16.2. The zero-order valence-corrected chi connectivity index (χ0v) is 29.2. The molecule has 6 rings (SSSR count). The van der Waals surface area contributed by atoms with E-state index in [1.54, 1.807) is 43.3 Å². The number of aromatic nitrogens is 3. The van der Waals surface area contributed by atoms with Gasteiger partial charge in [-0.2, -0.15) is 0 Å². The number of urea groups is 1. The molecule has 16 heteroatoms. The SMILES string of the molecule is COc1ccc(OC)c(-n2nnc(C(=O)Nc3cc(NC(=O)Nc4cccc5c4C(=O)N(C4CCC(=O)NC4=O)C5=O)cc(C(C)(C)C)c3)c2C)c1. The fourth-order valence-corrected chi connectivity index (χ4v) is 6.03. The summed E-state index contributed by atoms with van der Waals surface area (Å²) in [5, 5.41) is 18.7. The second-order valence-corrected chi connectivity index (χ2v) is 13.2. The number of amides is 7. The Kier molecular flexibility index (Phi) is 9.23. The summed E-state index contributed by atoms with van der Waals surface area (Å²) in [6.07, 6.45) is -0.0247. The average molecular weight is 709 g/mol. The first-order chi connectivity index (χ1) is 24.7. The third kappa shape index (κ3) is 6.65. The lowest BCUT2D eigenvalue weighted by Crippen LogP contribution is -2.54. The number of imide groups is 2. The van der Waals surface area contributed by atoms with Gasteiger partial charge in [0.05, 0.1) is 36.7 Å². The number of nitrogens with one attached hydrogen (secondary N) is 4. The summed E-state index contributed by atoms with van der Waals surface area (Å²) in [5.41, 5.74) is 2.08. The predicted molar refractivity (Wildman–Crippen MR) is 188 cm³/mol. The van der Waals surface area contributed by atoms with Gasteiger partial charge in [-0.05, 0) is 66.8 Å². The minimum absolute atomic E-state index is 0.00263. The number of methoxy groups -OCH3 is 2. The Hall–Kier alpha value is -6.58. The quantitative estimate of drug-likeness (QED) is 0.192. The molecule has 1 fully saturated rings. The highest BCUT2D eigenvalue weighted by Crippen LogP contribution is 2.34. The van der Waals surface area contributed by atoms with Gasteiger partial charge in [0.15, 0.2) is 5.69 Å². The van der Waals surface area contributed by atoms with Gasteiger partial charge in [0.2, 0.25) is 11.8 Å². The molecule has 0 radical (unpaired) electrons. The average Bonchev–Trinajstić information content (AvgIpc) is 3.60. The summed E-state index contributed by atoms with van der Waals surface area (Å²) >= 11 is 0. The normalized spacial score (nSPS) is 15.6. The van der Waals surface area contributed by atoms with E-state index in [2.05, 4.69) is 31.6 Å². The van der Waals surface area contributed by atoms with Crippen molar-refractivity contribution < 1.29 is 38.2 Å². The Morgan fingerprint density at radius 2 is 1.63 bits per heavy atom. The number of fused-ring (bicyclic) bond motifs is 1. The van der Waals surface area contributed by atoms with Gasteiger partial charge in [-0.3, -0.25) is 34.2 Å². The van der Waals surface area contributed by atoms with Crippen molar-refractivity contribution in [2.45, 2.75) is 52.0 Å². The molecule has 3 aromatic carbocycles. The van der Waals surface area contributed by atoms with Crippen molar-refractivity contribution >= 4 is 52.6 Å². The Bertz CT molecular complexity index is 2170. The highest BCUT2D eigenvalue weighted by molar-refractivity contribution is 6.26. The lowest BCUT2D eigenvalue weighted by molar-refractivity contribution is -0.136. The second kappa shape index (κ2) is 13.6. The van der Waals surface area contributed by atoms with E-state index in [0.717, 1.165) is 10.5 Å². The predicted octanol–water partition coefficient (Wildman–Crippen LogP) is 4.19. The van der Waals surface area contributed by atoms with Crippen LogP contribution in [0.4, 0.5) is 21.9 Å². The van der Waals surface area contributed by atoms with Crippen LogP contribution in [0.1, 0.15) is 76.1 Å². The molecular weight excluding hydrogens is 672 g/mol. The van der Waals surface area contributed by atoms with Crippen molar-refractivity contribution in [2.75, 3.05) is 30.2 Å². The molecule has 2 aliphatic rings. The van der Waals surface area contributed by atoms with Gasteiger partial charge in [-0.25, -0.2) is 9.48 Å². The number of nitrogens with zero attached hydrogens (tertiary/aromatic N) is 4. The first-order valence-electron chi connectivity index (χ1n) is 16.2. The van der Waals surface area contributed by atoms with E-state index in [1.807, 2.05) is 20.8 Å². The molecule has 2 aliphatic heterocycles. The van der Waals surface area contributed by atoms with Gasteiger partial charge in [0.1, 0.15) is 23.2 Å². The summed E-state index contributed by atoms with van der Waals surface area (Å²) in [7, 11) is 3.05. The van der Waals surface area contributed by atoms with Crippen LogP contribution in [0, 0.1) is 6.92 Å². The molecule has 1 unspecified atom stereocenters. The fraction of sp³-hybridized carbons (Fsp3) is 0.278. The highest BCUT2D eigenvalue weighted by atomic mass is 16.5. The van der Waals surface area contributed by atoms with Crippen LogP contribution in [-0.2, 0) is 15.0 Å². The number of benzene rings is 3. The monoisotopic (exact) mass is 708 g/mol. The fourth-order valence-electron chi connectivity index (χ4n) is 6.03. The molecule has 0 saturated carbocycles. The molecule has 4 aromatic rings. The van der Waals surface area contributed by atoms with Crippen molar-refractivity contribution in [2.24, 2.45) is 0 Å². The Labute approximate surface area is 297 Å². The zero-order valence-electron chi connectivity index (χ0n) is 29.2. The number of hydrogen-bond acceptors (Lipinski definition) is 10. The van der Waals surface area contributed by atoms with E-state index < -0.39 is 47.0 Å². The van der Waals surface area contributed by atoms with Gasteiger partial charge >= 0.3 is 6.03 Å². The molecule has 1 atom stereocenters. The van der Waals surface area contributed by atoms with E-state index in [-0.39, 0.29) is 35.3 Å². The van der Waals surface area contributed by atoms with E-state index >= 15 is 0 Å². The molecule has 1 aromatic heterocycles. The van der Waals surface area contributed by atoms with Crippen molar-refractivity contribution in [1.29, 1.82) is 0 Å². The van der Waals surface area contributed by atoms with Gasteiger partial charge in [-0.1, -0.05) is 32.1 Å². The first kappa shape index (κ1) is 35.3. The molecule has 4 N–H and O–H groups in total. The third-order valence-electron chi connectivity index (χ3n) is 8.75. The van der Waals surface area contributed by atoms with Gasteiger partial charge in [0.25, 0.3) is 17.7 Å². The van der Waals surface area contributed by atoms with Crippen LogP contribution in [0.3, 0.4) is 0 Å². The van der Waals surface area contributed by atoms with E-state index in [1.165, 1.54) is 37.1 Å². The van der Waals surface area contributed by atoms with Gasteiger partial charge in [0, 0.05) is 23.9 Å². The molecule has 7 amide bonds. The van der Waals surface area contributed by atoms with Crippen molar-refractivity contribution in [1.82, 2.24) is 25.2 Å². The van der Waals surface area contributed by atoms with Crippen molar-refractivity contribution in [3.05, 3.63) is 82.7 Å². The maximum Gasteiger partial charge on any atom is 0.323 e. The maximum absolute atomic E-state index is 13.5. The summed E-state index contributed by atoms with van der Waals surface area (Å²) < 4.78 is 12.3. The molecule has 3 heterocycles. The number of carbonyl (C=O) groups is 6. The van der Waals surface area contributed by atoms with Crippen LogP contribution in [0.2, 0.25) is 0 Å². The number of anilines is 3. The number of carbonyl (C=O) groups excluding carboxylic acids is 6. The topological polar surface area (TPSA) is 203 Å². The summed E-state index contributed by atoms with van der Waals surface area (Å²) in [6.45, 7) is 7.61. The van der Waals surface area contributed by atoms with Crippen LogP contribution < -0.4 is 30.7 Å². The van der Waals surface area contributed by atoms with E-state index in [0.29, 0.717) is 34.3 Å². The van der Waals surface area contributed by atoms with E-state index in [4.69, 9.17) is 9.47 Å². The number of ether oxygens (including phenoxy) is 2. The molecular formula is C36H36N8O8. The standard InChI is InChI=1S/C36H36N8O8/c1-18-30(41-42-44(18)26-17-22(51-5)10-12-27(26)52-6)32(47)37-20-14-19(36(2,3)4)15-21(16-20)38-35(50)39-24-9-7-8-23-29(24)34(49)43(33(23)48)25-11-13-28(45)40-31(25)46/h7-10,12,14-17,25H,11,13H2,1-6H3,(H,37,47)(H2,38,39,50)(H,40,45,46). The Morgan fingerprint density at radius 1 is 0.904 bits per heavy atom. The highest BCUT2D eigenvalue weighted by Gasteiger charge is 2.45. The summed E-state index contributed by atoms with van der Waals surface area (Å²) in [5.74, 6) is -2.17. The minimum Gasteiger partial charge on any atom is -0.497 e. The largest absolute Gasteiger partial charge is 0.497 e. The molecule has 16 nitrogen and oxygen atoms in total. The second-order valence-electron chi connectivity index (χ2n) is 13.2. The van der Waals surface area contributed by atoms with Gasteiger partial charge < -0.3 is 25.4 Å². The van der Waals surface area contributed by atoms with Crippen molar-refractivity contribution in [3.8, 4) is 17.2 Å². The zero-order chi connectivity index (χ0) is 37.5. The summed E-state index contributed by atoms with van der Waals surface area (Å²) in [6, 6.07) is 12.8. The smallest absolute Gasteiger partial charge is 0.323 e. The lowest BCUT2D eigenvalue weighted by atomic mass is 9.86. The lowest BCUT2D eigenvalue weighted by Gasteiger charge is -2.27. The van der Waals surface area contributed by atoms with Crippen LogP contribution in [-0.4, -0.2) is 75.7 Å². The van der Waals surface area contributed by atoms with Crippen LogP contribution in [0.5, 0.6) is 11.5 Å². The molecule has 268 valence electrons. The Balaban J connectivity index is 1.22. The minimum atomic E-state index is -1.15. The van der Waals surface area contributed by atoms with Gasteiger partial charge in [-0.15, -0.1) is 5.10 Å².